The Labute approximate surface area is 194 Å². The average Bonchev–Trinajstić information content (AvgIpc) is 2.59. The third-order valence-electron chi connectivity index (χ3n) is 3.47. The summed E-state index contributed by atoms with van der Waals surface area (Å²) in [5.41, 5.74) is 2.16. The van der Waals surface area contributed by atoms with E-state index >= 15 is 0 Å². The maximum atomic E-state index is 10.9. The Hall–Kier alpha value is -0.770. The lowest BCUT2D eigenvalue weighted by atomic mass is 10.1. The van der Waals surface area contributed by atoms with Crippen LogP contribution in [-0.4, -0.2) is 24.5 Å². The summed E-state index contributed by atoms with van der Waals surface area (Å²) < 4.78 is 35.8. The van der Waals surface area contributed by atoms with Gasteiger partial charge in [-0.15, -0.1) is 0 Å². The fraction of sp³-hybridized carbons (Fsp3) is 0.316. The number of alkyl halides is 1. The van der Waals surface area contributed by atoms with E-state index < -0.39 is 10.1 Å². The van der Waals surface area contributed by atoms with Crippen molar-refractivity contribution >= 4 is 67.5 Å². The van der Waals surface area contributed by atoms with Gasteiger partial charge in [0.1, 0.15) is 12.0 Å². The normalized spacial score (nSPS) is 11.3. The molecule has 1 N–H and O–H groups in total. The van der Waals surface area contributed by atoms with Crippen LogP contribution in [0.1, 0.15) is 29.5 Å². The van der Waals surface area contributed by atoms with E-state index in [1.54, 1.807) is 44.3 Å². The van der Waals surface area contributed by atoms with Gasteiger partial charge in [-0.2, -0.15) is 8.42 Å². The van der Waals surface area contributed by atoms with Gasteiger partial charge in [0.15, 0.2) is 0 Å². The molecule has 0 amide bonds. The minimum Gasteiger partial charge on any atom is -0.317 e. The number of hydrogen-bond donors (Lipinski definition) is 1. The Morgan fingerprint density at radius 1 is 1.14 bits per heavy atom. The molecule has 0 aliphatic carbocycles. The Morgan fingerprint density at radius 3 is 2.28 bits per heavy atom. The lowest BCUT2D eigenvalue weighted by Gasteiger charge is -2.07. The van der Waals surface area contributed by atoms with Crippen molar-refractivity contribution < 1.29 is 17.3 Å². The maximum Gasteiger partial charge on any atom is 0.295 e. The quantitative estimate of drug-likeness (QED) is 0.101. The van der Waals surface area contributed by atoms with E-state index in [1.807, 2.05) is 13.0 Å². The van der Waals surface area contributed by atoms with Crippen LogP contribution in [0.3, 0.4) is 0 Å². The average molecular weight is 543 g/mol. The van der Waals surface area contributed by atoms with Crippen LogP contribution in [-0.2, 0) is 14.4 Å². The first-order valence-electron chi connectivity index (χ1n) is 8.48. The molecular formula is C19H22BrCl2NO4S2. The summed E-state index contributed by atoms with van der Waals surface area (Å²) in [5.74, 6) is 0. The van der Waals surface area contributed by atoms with Gasteiger partial charge >= 0.3 is 0 Å². The van der Waals surface area contributed by atoms with Crippen LogP contribution < -0.4 is 0 Å². The van der Waals surface area contributed by atoms with Gasteiger partial charge < -0.3 is 4.28 Å². The zero-order valence-corrected chi connectivity index (χ0v) is 20.9. The second kappa shape index (κ2) is 12.8. The van der Waals surface area contributed by atoms with E-state index in [9.17, 15) is 8.42 Å². The first-order valence-corrected chi connectivity index (χ1v) is 12.5. The minimum absolute atomic E-state index is 0.0260. The molecule has 5 nitrogen and oxygen atoms in total. The maximum absolute atomic E-state index is 10.9. The van der Waals surface area contributed by atoms with Crippen molar-refractivity contribution in [1.29, 1.82) is 0 Å². The van der Waals surface area contributed by atoms with Gasteiger partial charge in [0.25, 0.3) is 10.1 Å². The minimum atomic E-state index is -4.08. The molecule has 0 aromatic heterocycles. The zero-order valence-electron chi connectivity index (χ0n) is 16.2. The molecule has 10 heteroatoms. The molecule has 0 fully saturated rings. The molecule has 0 saturated carbocycles. The van der Waals surface area contributed by atoms with Gasteiger partial charge in [0.2, 0.25) is 0 Å². The summed E-state index contributed by atoms with van der Waals surface area (Å²) in [6, 6.07) is 8.76. The highest BCUT2D eigenvalue weighted by Gasteiger charge is 2.16. The van der Waals surface area contributed by atoms with Crippen LogP contribution in [0.2, 0.25) is 10.0 Å². The number of unbranched alkanes of at least 4 members (excludes halogenated alkanes) is 1. The van der Waals surface area contributed by atoms with Crippen molar-refractivity contribution in [2.24, 2.45) is 5.16 Å². The number of rotatable bonds is 7. The molecule has 0 radical (unpaired) electrons. The summed E-state index contributed by atoms with van der Waals surface area (Å²) in [6.07, 6.45) is 3.68. The van der Waals surface area contributed by atoms with Gasteiger partial charge in [-0.25, -0.2) is 0 Å². The molecule has 160 valence electrons. The molecule has 0 saturated heterocycles. The van der Waals surface area contributed by atoms with Crippen molar-refractivity contribution in [3.05, 3.63) is 57.1 Å². The van der Waals surface area contributed by atoms with Crippen LogP contribution >= 0.6 is 51.2 Å². The van der Waals surface area contributed by atoms with E-state index in [2.05, 4.69) is 21.1 Å². The first-order chi connectivity index (χ1) is 13.6. The molecule has 29 heavy (non-hydrogen) atoms. The zero-order chi connectivity index (χ0) is 22.0. The molecule has 0 aliphatic heterocycles. The number of halogens is 3. The van der Waals surface area contributed by atoms with Crippen molar-refractivity contribution in [2.75, 3.05) is 5.33 Å². The summed E-state index contributed by atoms with van der Waals surface area (Å²) in [7, 11) is -4.08. The van der Waals surface area contributed by atoms with Crippen LogP contribution in [0, 0.1) is 20.8 Å². The molecule has 2 aromatic rings. The fourth-order valence-corrected chi connectivity index (χ4v) is 4.52. The predicted molar refractivity (Wildman–Crippen MR) is 125 cm³/mol. The highest BCUT2D eigenvalue weighted by molar-refractivity contribution is 9.09. The predicted octanol–water partition coefficient (Wildman–Crippen LogP) is 7.04. The van der Waals surface area contributed by atoms with Crippen LogP contribution in [0.25, 0.3) is 0 Å². The lowest BCUT2D eigenvalue weighted by Crippen LogP contribution is -2.04. The number of nitrogens with zero attached hydrogens (tertiary/aromatic N) is 1. The number of hydrogen-bond acceptors (Lipinski definition) is 5. The molecule has 2 aromatic carbocycles. The topological polar surface area (TPSA) is 76.0 Å². The second-order valence-electron chi connectivity index (χ2n) is 6.06. The number of benzene rings is 2. The van der Waals surface area contributed by atoms with Gasteiger partial charge in [-0.05, 0) is 62.9 Å². The largest absolute Gasteiger partial charge is 0.317 e. The van der Waals surface area contributed by atoms with E-state index in [1.165, 1.54) is 0 Å². The molecule has 0 aliphatic rings. The number of oxime groups is 1. The van der Waals surface area contributed by atoms with Crippen molar-refractivity contribution in [1.82, 2.24) is 0 Å². The number of aryl methyl sites for hydroxylation is 3. The van der Waals surface area contributed by atoms with Crippen molar-refractivity contribution in [2.45, 2.75) is 43.4 Å². The Balaban J connectivity index is 0.000000296. The molecule has 0 unspecified atom stereocenters. The Bertz CT molecular complexity index is 930. The van der Waals surface area contributed by atoms with Gasteiger partial charge in [-0.1, -0.05) is 62.0 Å². The van der Waals surface area contributed by atoms with Crippen molar-refractivity contribution in [3.8, 4) is 0 Å². The summed E-state index contributed by atoms with van der Waals surface area (Å²) in [4.78, 5) is 0.894. The van der Waals surface area contributed by atoms with Gasteiger partial charge in [0, 0.05) is 11.5 Å². The summed E-state index contributed by atoms with van der Waals surface area (Å²) in [6.45, 7) is 5.22. The molecule has 0 spiro atoms. The van der Waals surface area contributed by atoms with Crippen molar-refractivity contribution in [3.63, 3.8) is 0 Å². The van der Waals surface area contributed by atoms with Gasteiger partial charge in [0.05, 0.1) is 19.8 Å². The van der Waals surface area contributed by atoms with Crippen LogP contribution in [0.4, 0.5) is 0 Å². The highest BCUT2D eigenvalue weighted by Crippen LogP contribution is 2.28. The third kappa shape index (κ3) is 9.72. The molecule has 0 atom stereocenters. The monoisotopic (exact) mass is 541 g/mol. The molecular weight excluding hydrogens is 521 g/mol. The van der Waals surface area contributed by atoms with E-state index in [4.69, 9.17) is 32.0 Å². The smallest absolute Gasteiger partial charge is 0.295 e. The molecule has 2 rings (SSSR count). The standard InChI is InChI=1S/C10H10BrCl2NOS.C9H12O3S/c11-5-1-2-6-14-15-16-8-3-4-9(12)10(13)7-8;1-6-4-7(2)9(8(3)5-6)13(10,11)12/h3-4,6-7H,1-2,5H2;4-5H,1-3H3,(H,10,11,12). The van der Waals surface area contributed by atoms with Gasteiger partial charge in [-0.3, -0.25) is 4.55 Å². The molecule has 0 heterocycles. The Kier molecular flexibility index (Phi) is 11.6. The Morgan fingerprint density at radius 2 is 1.76 bits per heavy atom. The highest BCUT2D eigenvalue weighted by atomic mass is 79.9. The summed E-state index contributed by atoms with van der Waals surface area (Å²) in [5, 5.41) is 5.82. The van der Waals surface area contributed by atoms with Crippen LogP contribution in [0.5, 0.6) is 0 Å². The van der Waals surface area contributed by atoms with E-state index in [0.29, 0.717) is 21.2 Å². The van der Waals surface area contributed by atoms with Crippen LogP contribution in [0.15, 0.2) is 45.3 Å². The molecule has 0 bridgehead atoms. The summed E-state index contributed by atoms with van der Waals surface area (Å²) >= 11 is 16.1. The second-order valence-corrected chi connectivity index (χ2v) is 9.81. The SMILES string of the molecule is Cc1cc(C)c(S(=O)(=O)O)c(C)c1.Clc1ccc(SON=CCCCBr)cc1Cl. The lowest BCUT2D eigenvalue weighted by molar-refractivity contribution is 0.406. The van der Waals surface area contributed by atoms with E-state index in [-0.39, 0.29) is 4.90 Å². The van der Waals surface area contributed by atoms with E-state index in [0.717, 1.165) is 40.7 Å². The first kappa shape index (κ1) is 26.3. The third-order valence-corrected chi connectivity index (χ3v) is 6.54. The fourth-order valence-electron chi connectivity index (χ4n) is 2.42.